The van der Waals surface area contributed by atoms with E-state index in [0.29, 0.717) is 16.8 Å². The first-order valence-electron chi connectivity index (χ1n) is 6.91. The second-order valence-electron chi connectivity index (χ2n) is 4.74. The Labute approximate surface area is 137 Å². The van der Waals surface area contributed by atoms with E-state index in [1.807, 2.05) is 0 Å². The van der Waals surface area contributed by atoms with Crippen LogP contribution in [0.25, 0.3) is 6.08 Å². The Kier molecular flexibility index (Phi) is 5.40. The molecule has 0 spiro atoms. The maximum Gasteiger partial charge on any atom is 0.337 e. The fourth-order valence-electron chi connectivity index (χ4n) is 1.91. The van der Waals surface area contributed by atoms with Gasteiger partial charge in [-0.15, -0.1) is 0 Å². The molecule has 0 fully saturated rings. The van der Waals surface area contributed by atoms with Crippen LogP contribution in [0.15, 0.2) is 54.6 Å². The van der Waals surface area contributed by atoms with E-state index in [0.717, 1.165) is 0 Å². The van der Waals surface area contributed by atoms with E-state index >= 15 is 0 Å². The monoisotopic (exact) mass is 326 g/mol. The summed E-state index contributed by atoms with van der Waals surface area (Å²) in [6.45, 7) is 0. The van der Waals surface area contributed by atoms with Crippen LogP contribution in [0.2, 0.25) is 0 Å². The van der Waals surface area contributed by atoms with Crippen LogP contribution in [0.1, 0.15) is 15.9 Å². The van der Waals surface area contributed by atoms with Crippen molar-refractivity contribution in [3.8, 4) is 0 Å². The molecule has 7 heteroatoms. The first-order chi connectivity index (χ1) is 11.5. The standard InChI is InChI=1S/C17H14N2O5/c1-24-17(21)13-6-8-14(9-7-13)18-16(20)10-5-12-3-2-4-15(11-12)19(22)23/h2-11H,1H3,(H,18,20). The number of non-ortho nitro benzene ring substituents is 1. The zero-order valence-corrected chi connectivity index (χ0v) is 12.8. The molecule has 7 nitrogen and oxygen atoms in total. The van der Waals surface area contributed by atoms with Gasteiger partial charge in [0.25, 0.3) is 5.69 Å². The summed E-state index contributed by atoms with van der Waals surface area (Å²) in [5.74, 6) is -0.856. The van der Waals surface area contributed by atoms with Gasteiger partial charge in [-0.3, -0.25) is 14.9 Å². The molecule has 0 radical (unpaired) electrons. The summed E-state index contributed by atoms with van der Waals surface area (Å²) in [7, 11) is 1.29. The quantitative estimate of drug-likeness (QED) is 0.394. The first-order valence-corrected chi connectivity index (χ1v) is 6.91. The minimum absolute atomic E-state index is 0.0454. The van der Waals surface area contributed by atoms with E-state index in [4.69, 9.17) is 0 Å². The van der Waals surface area contributed by atoms with Crippen LogP contribution in [-0.2, 0) is 9.53 Å². The van der Waals surface area contributed by atoms with Crippen LogP contribution in [0, 0.1) is 10.1 Å². The van der Waals surface area contributed by atoms with E-state index in [1.165, 1.54) is 43.5 Å². The number of carbonyl (C=O) groups is 2. The van der Waals surface area contributed by atoms with Crippen LogP contribution in [0.5, 0.6) is 0 Å². The average molecular weight is 326 g/mol. The van der Waals surface area contributed by atoms with E-state index in [2.05, 4.69) is 10.1 Å². The molecule has 122 valence electrons. The highest BCUT2D eigenvalue weighted by atomic mass is 16.6. The molecule has 0 unspecified atom stereocenters. The lowest BCUT2D eigenvalue weighted by Gasteiger charge is -2.03. The normalized spacial score (nSPS) is 10.4. The maximum absolute atomic E-state index is 11.9. The van der Waals surface area contributed by atoms with Crippen molar-refractivity contribution in [2.75, 3.05) is 12.4 Å². The van der Waals surface area contributed by atoms with Crippen molar-refractivity contribution in [2.45, 2.75) is 0 Å². The number of amides is 1. The van der Waals surface area contributed by atoms with Crippen LogP contribution in [0.3, 0.4) is 0 Å². The van der Waals surface area contributed by atoms with Crippen LogP contribution < -0.4 is 5.32 Å². The van der Waals surface area contributed by atoms with Gasteiger partial charge in [-0.25, -0.2) is 4.79 Å². The van der Waals surface area contributed by atoms with E-state index < -0.39 is 16.8 Å². The van der Waals surface area contributed by atoms with Gasteiger partial charge in [0.15, 0.2) is 0 Å². The SMILES string of the molecule is COC(=O)c1ccc(NC(=O)C=Cc2cccc([N+](=O)[O-])c2)cc1. The first kappa shape index (κ1) is 16.9. The number of ether oxygens (including phenoxy) is 1. The van der Waals surface area contributed by atoms with Crippen molar-refractivity contribution in [3.05, 3.63) is 75.8 Å². The third kappa shape index (κ3) is 4.51. The van der Waals surface area contributed by atoms with E-state index in [9.17, 15) is 19.7 Å². The molecule has 0 heterocycles. The highest BCUT2D eigenvalue weighted by Gasteiger charge is 2.06. The van der Waals surface area contributed by atoms with Crippen molar-refractivity contribution in [1.82, 2.24) is 0 Å². The van der Waals surface area contributed by atoms with Crippen molar-refractivity contribution in [3.63, 3.8) is 0 Å². The number of nitro groups is 1. The molecule has 1 N–H and O–H groups in total. The molecule has 24 heavy (non-hydrogen) atoms. The number of nitrogens with one attached hydrogen (secondary N) is 1. The zero-order valence-electron chi connectivity index (χ0n) is 12.8. The maximum atomic E-state index is 11.9. The number of benzene rings is 2. The minimum atomic E-state index is -0.500. The van der Waals surface area contributed by atoms with E-state index in [-0.39, 0.29) is 5.69 Å². The summed E-state index contributed by atoms with van der Waals surface area (Å²) in [5, 5.41) is 13.3. The number of rotatable bonds is 5. The van der Waals surface area contributed by atoms with Gasteiger partial charge in [-0.1, -0.05) is 12.1 Å². The molecule has 0 saturated heterocycles. The van der Waals surface area contributed by atoms with Gasteiger partial charge in [-0.05, 0) is 35.9 Å². The lowest BCUT2D eigenvalue weighted by atomic mass is 10.2. The topological polar surface area (TPSA) is 98.5 Å². The third-order valence-corrected chi connectivity index (χ3v) is 3.08. The number of anilines is 1. The smallest absolute Gasteiger partial charge is 0.337 e. The van der Waals surface area contributed by atoms with Crippen LogP contribution in [-0.4, -0.2) is 23.9 Å². The van der Waals surface area contributed by atoms with Crippen molar-refractivity contribution in [1.29, 1.82) is 0 Å². The Morgan fingerprint density at radius 2 is 1.88 bits per heavy atom. The summed E-state index contributed by atoms with van der Waals surface area (Å²) in [4.78, 5) is 33.4. The lowest BCUT2D eigenvalue weighted by molar-refractivity contribution is -0.384. The number of methoxy groups -OCH3 is 1. The Bertz CT molecular complexity index is 797. The van der Waals surface area contributed by atoms with Gasteiger partial charge < -0.3 is 10.1 Å². The zero-order chi connectivity index (χ0) is 17.5. The Balaban J connectivity index is 2.01. The average Bonchev–Trinajstić information content (AvgIpc) is 2.60. The molecule has 0 saturated carbocycles. The van der Waals surface area contributed by atoms with Gasteiger partial charge in [0.2, 0.25) is 5.91 Å². The molecule has 0 bridgehead atoms. The van der Waals surface area contributed by atoms with Gasteiger partial charge in [0, 0.05) is 23.9 Å². The van der Waals surface area contributed by atoms with Gasteiger partial charge >= 0.3 is 5.97 Å². The molecule has 0 aromatic heterocycles. The molecule has 2 aromatic rings. The number of nitrogens with zero attached hydrogens (tertiary/aromatic N) is 1. The molecule has 2 aromatic carbocycles. The number of hydrogen-bond acceptors (Lipinski definition) is 5. The minimum Gasteiger partial charge on any atom is -0.465 e. The van der Waals surface area contributed by atoms with Crippen LogP contribution >= 0.6 is 0 Å². The van der Waals surface area contributed by atoms with Crippen molar-refractivity contribution >= 4 is 29.3 Å². The summed E-state index contributed by atoms with van der Waals surface area (Å²) >= 11 is 0. The lowest BCUT2D eigenvalue weighted by Crippen LogP contribution is -2.08. The summed E-state index contributed by atoms with van der Waals surface area (Å²) in [6, 6.07) is 12.2. The number of hydrogen-bond donors (Lipinski definition) is 1. The largest absolute Gasteiger partial charge is 0.465 e. The molecule has 0 atom stereocenters. The summed E-state index contributed by atoms with van der Waals surface area (Å²) < 4.78 is 4.59. The summed E-state index contributed by atoms with van der Waals surface area (Å²) in [6.07, 6.45) is 2.75. The van der Waals surface area contributed by atoms with Crippen molar-refractivity contribution < 1.29 is 19.2 Å². The number of esters is 1. The van der Waals surface area contributed by atoms with E-state index in [1.54, 1.807) is 24.3 Å². The van der Waals surface area contributed by atoms with Gasteiger partial charge in [-0.2, -0.15) is 0 Å². The summed E-state index contributed by atoms with van der Waals surface area (Å²) in [5.41, 5.74) is 1.38. The second kappa shape index (κ2) is 7.68. The fourth-order valence-corrected chi connectivity index (χ4v) is 1.91. The van der Waals surface area contributed by atoms with Crippen molar-refractivity contribution in [2.24, 2.45) is 0 Å². The molecule has 0 aliphatic carbocycles. The highest BCUT2D eigenvalue weighted by molar-refractivity contribution is 6.02. The van der Waals surface area contributed by atoms with Gasteiger partial charge in [0.05, 0.1) is 17.6 Å². The Morgan fingerprint density at radius 3 is 2.50 bits per heavy atom. The number of carbonyl (C=O) groups excluding carboxylic acids is 2. The van der Waals surface area contributed by atoms with Crippen LogP contribution in [0.4, 0.5) is 11.4 Å². The molecule has 0 aliphatic rings. The van der Waals surface area contributed by atoms with Gasteiger partial charge in [0.1, 0.15) is 0 Å². The predicted octanol–water partition coefficient (Wildman–Crippen LogP) is 3.03. The molecular formula is C17H14N2O5. The number of nitro benzene ring substituents is 1. The molecule has 0 aliphatic heterocycles. The highest BCUT2D eigenvalue weighted by Crippen LogP contribution is 2.14. The second-order valence-corrected chi connectivity index (χ2v) is 4.74. The third-order valence-electron chi connectivity index (χ3n) is 3.08. The fraction of sp³-hybridized carbons (Fsp3) is 0.0588. The molecule has 1 amide bonds. The predicted molar refractivity (Wildman–Crippen MR) is 88.5 cm³/mol. The Morgan fingerprint density at radius 1 is 1.17 bits per heavy atom. The molecular weight excluding hydrogens is 312 g/mol. The Hall–Kier alpha value is -3.48. The molecule has 2 rings (SSSR count).